The first-order valence-electron chi connectivity index (χ1n) is 6.03. The molecule has 0 bridgehead atoms. The molecule has 0 saturated carbocycles. The molecule has 0 rings (SSSR count). The van der Waals surface area contributed by atoms with E-state index >= 15 is 0 Å². The zero-order valence-corrected chi connectivity index (χ0v) is 12.7. The van der Waals surface area contributed by atoms with Crippen LogP contribution in [0.3, 0.4) is 0 Å². The highest BCUT2D eigenvalue weighted by molar-refractivity contribution is 7.87. The maximum absolute atomic E-state index is 11.7. The van der Waals surface area contributed by atoms with E-state index in [4.69, 9.17) is 9.84 Å². The third-order valence-electron chi connectivity index (χ3n) is 2.20. The van der Waals surface area contributed by atoms with Gasteiger partial charge in [0.05, 0.1) is 13.0 Å². The summed E-state index contributed by atoms with van der Waals surface area (Å²) in [5.41, 5.74) is -0.171. The zero-order valence-electron chi connectivity index (χ0n) is 11.9. The van der Waals surface area contributed by atoms with Gasteiger partial charge in [-0.1, -0.05) is 20.8 Å². The van der Waals surface area contributed by atoms with Gasteiger partial charge in [-0.3, -0.25) is 4.79 Å². The third-order valence-corrected chi connectivity index (χ3v) is 3.43. The number of hydrogen-bond acceptors (Lipinski definition) is 4. The van der Waals surface area contributed by atoms with Gasteiger partial charge in [0.15, 0.2) is 0 Å². The number of ether oxygens (including phenoxy) is 1. The highest BCUT2D eigenvalue weighted by Gasteiger charge is 2.25. The first kappa shape index (κ1) is 18.3. The van der Waals surface area contributed by atoms with Gasteiger partial charge in [-0.2, -0.15) is 17.9 Å². The Hall–Kier alpha value is -0.700. The SMILES string of the molecule is COCCNS(=O)(=O)NC(CC(=O)O)CC(C)(C)C. The van der Waals surface area contributed by atoms with Crippen LogP contribution in [0.2, 0.25) is 0 Å². The summed E-state index contributed by atoms with van der Waals surface area (Å²) in [5.74, 6) is -1.03. The maximum atomic E-state index is 11.7. The summed E-state index contributed by atoms with van der Waals surface area (Å²) in [7, 11) is -2.25. The van der Waals surface area contributed by atoms with Crippen LogP contribution in [0.4, 0.5) is 0 Å². The second-order valence-electron chi connectivity index (χ2n) is 5.57. The van der Waals surface area contributed by atoms with Crippen molar-refractivity contribution in [3.63, 3.8) is 0 Å². The summed E-state index contributed by atoms with van der Waals surface area (Å²) in [6.45, 7) is 6.17. The molecule has 1 unspecified atom stereocenters. The van der Waals surface area contributed by atoms with E-state index in [0.717, 1.165) is 0 Å². The lowest BCUT2D eigenvalue weighted by Crippen LogP contribution is -2.45. The number of methoxy groups -OCH3 is 1. The standard InChI is InChI=1S/C11H24N2O5S/c1-11(2,3)8-9(7-10(14)15)13-19(16,17)12-5-6-18-4/h9,12-13H,5-8H2,1-4H3,(H,14,15). The minimum atomic E-state index is -3.71. The molecule has 0 amide bonds. The number of aliphatic carboxylic acids is 1. The maximum Gasteiger partial charge on any atom is 0.304 e. The highest BCUT2D eigenvalue weighted by Crippen LogP contribution is 2.22. The van der Waals surface area contributed by atoms with Crippen LogP contribution < -0.4 is 9.44 Å². The van der Waals surface area contributed by atoms with Crippen LogP contribution >= 0.6 is 0 Å². The number of nitrogens with one attached hydrogen (secondary N) is 2. The summed E-state index contributed by atoms with van der Waals surface area (Å²) >= 11 is 0. The van der Waals surface area contributed by atoms with Gasteiger partial charge in [-0.05, 0) is 11.8 Å². The molecule has 0 aliphatic carbocycles. The molecule has 0 aromatic rings. The fourth-order valence-electron chi connectivity index (χ4n) is 1.64. The molecule has 0 saturated heterocycles. The molecule has 7 nitrogen and oxygen atoms in total. The van der Waals surface area contributed by atoms with Crippen LogP contribution in [0.25, 0.3) is 0 Å². The predicted molar refractivity (Wildman–Crippen MR) is 72.0 cm³/mol. The van der Waals surface area contributed by atoms with Crippen LogP contribution in [-0.4, -0.2) is 45.8 Å². The average molecular weight is 296 g/mol. The fourth-order valence-corrected chi connectivity index (χ4v) is 2.69. The van der Waals surface area contributed by atoms with Gasteiger partial charge in [0, 0.05) is 19.7 Å². The van der Waals surface area contributed by atoms with Crippen LogP contribution in [0.5, 0.6) is 0 Å². The van der Waals surface area contributed by atoms with E-state index in [1.807, 2.05) is 20.8 Å². The van der Waals surface area contributed by atoms with Gasteiger partial charge >= 0.3 is 5.97 Å². The Kier molecular flexibility index (Phi) is 7.50. The Bertz CT molecular complexity index is 375. The van der Waals surface area contributed by atoms with Crippen LogP contribution in [0.1, 0.15) is 33.6 Å². The highest BCUT2D eigenvalue weighted by atomic mass is 32.2. The monoisotopic (exact) mass is 296 g/mol. The van der Waals surface area contributed by atoms with E-state index in [2.05, 4.69) is 9.44 Å². The van der Waals surface area contributed by atoms with Gasteiger partial charge in [-0.25, -0.2) is 0 Å². The Morgan fingerprint density at radius 2 is 1.95 bits per heavy atom. The van der Waals surface area contributed by atoms with Gasteiger partial charge < -0.3 is 9.84 Å². The molecule has 0 spiro atoms. The van der Waals surface area contributed by atoms with Gasteiger partial charge in [-0.15, -0.1) is 0 Å². The van der Waals surface area contributed by atoms with Crippen molar-refractivity contribution >= 4 is 16.2 Å². The number of carboxylic acids is 1. The normalized spacial score (nSPS) is 14.3. The summed E-state index contributed by atoms with van der Waals surface area (Å²) in [6.07, 6.45) is 0.187. The second kappa shape index (κ2) is 7.78. The molecule has 0 aromatic carbocycles. The van der Waals surface area contributed by atoms with Crippen molar-refractivity contribution in [3.05, 3.63) is 0 Å². The summed E-state index contributed by atoms with van der Waals surface area (Å²) in [5, 5.41) is 8.82. The predicted octanol–water partition coefficient (Wildman–Crippen LogP) is 0.336. The molecule has 0 fully saturated rings. The molecule has 1 atom stereocenters. The Labute approximate surface area is 114 Å². The van der Waals surface area contributed by atoms with E-state index in [1.165, 1.54) is 7.11 Å². The van der Waals surface area contributed by atoms with Gasteiger partial charge in [0.25, 0.3) is 10.2 Å². The Morgan fingerprint density at radius 1 is 1.37 bits per heavy atom. The van der Waals surface area contributed by atoms with Crippen molar-refractivity contribution in [1.29, 1.82) is 0 Å². The van der Waals surface area contributed by atoms with Crippen LogP contribution in [0.15, 0.2) is 0 Å². The van der Waals surface area contributed by atoms with Gasteiger partial charge in [0.2, 0.25) is 0 Å². The largest absolute Gasteiger partial charge is 0.481 e. The lowest BCUT2D eigenvalue weighted by atomic mass is 9.87. The van der Waals surface area contributed by atoms with Crippen LogP contribution in [-0.2, 0) is 19.7 Å². The van der Waals surface area contributed by atoms with E-state index in [9.17, 15) is 13.2 Å². The number of carbonyl (C=O) groups is 1. The third kappa shape index (κ3) is 10.9. The lowest BCUT2D eigenvalue weighted by Gasteiger charge is -2.25. The first-order valence-corrected chi connectivity index (χ1v) is 7.52. The summed E-state index contributed by atoms with van der Waals surface area (Å²) in [4.78, 5) is 10.8. The minimum Gasteiger partial charge on any atom is -0.481 e. The van der Waals surface area contributed by atoms with E-state index in [-0.39, 0.29) is 25.0 Å². The minimum absolute atomic E-state index is 0.140. The Balaban J connectivity index is 4.57. The molecule has 3 N–H and O–H groups in total. The van der Waals surface area contributed by atoms with Crippen molar-refractivity contribution in [2.45, 2.75) is 39.7 Å². The van der Waals surface area contributed by atoms with Crippen molar-refractivity contribution in [2.24, 2.45) is 5.41 Å². The number of carboxylic acid groups (broad SMARTS) is 1. The van der Waals surface area contributed by atoms with Crippen LogP contribution in [0, 0.1) is 5.41 Å². The summed E-state index contributed by atoms with van der Waals surface area (Å²) in [6, 6.07) is -0.641. The number of rotatable bonds is 9. The van der Waals surface area contributed by atoms with E-state index in [1.54, 1.807) is 0 Å². The summed E-state index contributed by atoms with van der Waals surface area (Å²) < 4.78 is 32.8. The first-order chi connectivity index (χ1) is 8.56. The molecular weight excluding hydrogens is 272 g/mol. The second-order valence-corrected chi connectivity index (χ2v) is 7.10. The smallest absolute Gasteiger partial charge is 0.304 e. The van der Waals surface area contributed by atoms with E-state index < -0.39 is 22.2 Å². The van der Waals surface area contributed by atoms with Crippen molar-refractivity contribution in [1.82, 2.24) is 9.44 Å². The average Bonchev–Trinajstić information content (AvgIpc) is 2.12. The fraction of sp³-hybridized carbons (Fsp3) is 0.909. The zero-order chi connectivity index (χ0) is 15.1. The quantitative estimate of drug-likeness (QED) is 0.532. The molecular formula is C11H24N2O5S. The molecule has 0 radical (unpaired) electrons. The molecule has 114 valence electrons. The Morgan fingerprint density at radius 3 is 2.37 bits per heavy atom. The molecule has 0 aliphatic rings. The lowest BCUT2D eigenvalue weighted by molar-refractivity contribution is -0.137. The van der Waals surface area contributed by atoms with Crippen molar-refractivity contribution < 1.29 is 23.1 Å². The van der Waals surface area contributed by atoms with E-state index in [0.29, 0.717) is 6.42 Å². The molecule has 0 heterocycles. The topological polar surface area (TPSA) is 105 Å². The molecule has 8 heteroatoms. The van der Waals surface area contributed by atoms with Crippen molar-refractivity contribution in [3.8, 4) is 0 Å². The van der Waals surface area contributed by atoms with Crippen molar-refractivity contribution in [2.75, 3.05) is 20.3 Å². The molecule has 0 aromatic heterocycles. The number of hydrogen-bond donors (Lipinski definition) is 3. The molecule has 0 aliphatic heterocycles. The molecule has 19 heavy (non-hydrogen) atoms. The van der Waals surface area contributed by atoms with Gasteiger partial charge in [0.1, 0.15) is 0 Å².